The highest BCUT2D eigenvalue weighted by Gasteiger charge is 2.29. The first kappa shape index (κ1) is 16.9. The van der Waals surface area contributed by atoms with Gasteiger partial charge in [0.1, 0.15) is 11.5 Å². The smallest absolute Gasteiger partial charge is 0.207 e. The van der Waals surface area contributed by atoms with Gasteiger partial charge >= 0.3 is 0 Å². The van der Waals surface area contributed by atoms with Gasteiger partial charge in [-0.3, -0.25) is 4.79 Å². The molecule has 1 rings (SSSR count). The molecule has 3 unspecified atom stereocenters. The largest absolute Gasteiger partial charge is 0.464 e. The molecule has 0 saturated carbocycles. The van der Waals surface area contributed by atoms with Gasteiger partial charge < -0.3 is 9.84 Å². The Bertz CT molecular complexity index is 493. The lowest BCUT2D eigenvalue weighted by molar-refractivity contribution is -0.136. The number of ketones is 1. The molecule has 112 valence electrons. The van der Waals surface area contributed by atoms with E-state index in [2.05, 4.69) is 12.6 Å². The van der Waals surface area contributed by atoms with Gasteiger partial charge in [-0.15, -0.1) is 6.58 Å². The molecular weight excluding hydrogens is 266 g/mol. The van der Waals surface area contributed by atoms with Crippen LogP contribution < -0.4 is 4.74 Å². The zero-order valence-electron chi connectivity index (χ0n) is 12.2. The normalized spacial score (nSPS) is 14.5. The third-order valence-corrected chi connectivity index (χ3v) is 3.28. The number of carbonyl (C=O) groups excluding carboxylic acids is 1. The maximum Gasteiger partial charge on any atom is 0.207 e. The van der Waals surface area contributed by atoms with E-state index in [0.29, 0.717) is 18.6 Å². The van der Waals surface area contributed by atoms with Gasteiger partial charge in [-0.2, -0.15) is 5.26 Å². The number of aliphatic hydroxyl groups excluding tert-OH is 1. The number of benzene rings is 1. The van der Waals surface area contributed by atoms with Crippen molar-refractivity contribution in [3.63, 3.8) is 0 Å². The summed E-state index contributed by atoms with van der Waals surface area (Å²) in [6.07, 6.45) is 1.45. The summed E-state index contributed by atoms with van der Waals surface area (Å²) >= 11 is 0. The molecule has 4 nitrogen and oxygen atoms in total. The Morgan fingerprint density at radius 2 is 2.14 bits per heavy atom. The average molecular weight is 287 g/mol. The van der Waals surface area contributed by atoms with Crippen molar-refractivity contribution in [1.29, 1.82) is 5.26 Å². The number of nitriles is 1. The third-order valence-electron chi connectivity index (χ3n) is 3.28. The van der Waals surface area contributed by atoms with Crippen LogP contribution in [0.3, 0.4) is 0 Å². The molecule has 0 saturated heterocycles. The Balaban J connectivity index is 2.79. The minimum Gasteiger partial charge on any atom is -0.464 e. The predicted octanol–water partition coefficient (Wildman–Crippen LogP) is 3.09. The van der Waals surface area contributed by atoms with Crippen molar-refractivity contribution in [3.05, 3.63) is 43.0 Å². The average Bonchev–Trinajstić information content (AvgIpc) is 2.51. The van der Waals surface area contributed by atoms with E-state index in [9.17, 15) is 9.90 Å². The fraction of sp³-hybridized carbons (Fsp3) is 0.412. The second-order valence-corrected chi connectivity index (χ2v) is 4.83. The lowest BCUT2D eigenvalue weighted by atomic mass is 9.88. The Hall–Kier alpha value is -2.12. The number of ether oxygens (including phenoxy) is 1. The number of nitrogens with zero attached hydrogens (tertiary/aromatic N) is 1. The van der Waals surface area contributed by atoms with Gasteiger partial charge in [0.2, 0.25) is 6.29 Å². The summed E-state index contributed by atoms with van der Waals surface area (Å²) in [6.45, 7) is 5.34. The Labute approximate surface area is 125 Å². The highest BCUT2D eigenvalue weighted by atomic mass is 16.6. The van der Waals surface area contributed by atoms with E-state index < -0.39 is 12.2 Å². The van der Waals surface area contributed by atoms with Crippen LogP contribution in [0.4, 0.5) is 0 Å². The summed E-state index contributed by atoms with van der Waals surface area (Å²) in [7, 11) is 0. The number of aliphatic hydroxyl groups is 1. The molecule has 1 N–H and O–H groups in total. The van der Waals surface area contributed by atoms with Crippen molar-refractivity contribution >= 4 is 5.78 Å². The van der Waals surface area contributed by atoms with Gasteiger partial charge in [0.05, 0.1) is 17.9 Å². The molecule has 4 heteroatoms. The van der Waals surface area contributed by atoms with E-state index in [1.54, 1.807) is 37.3 Å². The molecular formula is C17H21NO3. The van der Waals surface area contributed by atoms with Gasteiger partial charge in [0, 0.05) is 6.42 Å². The van der Waals surface area contributed by atoms with Crippen molar-refractivity contribution in [2.45, 2.75) is 32.5 Å². The van der Waals surface area contributed by atoms with Gasteiger partial charge in [-0.05, 0) is 25.0 Å². The summed E-state index contributed by atoms with van der Waals surface area (Å²) in [6, 6.07) is 11.0. The van der Waals surface area contributed by atoms with Crippen LogP contribution in [0, 0.1) is 23.2 Å². The molecule has 0 aliphatic heterocycles. The maximum atomic E-state index is 12.0. The molecule has 1 aromatic rings. The first-order valence-corrected chi connectivity index (χ1v) is 7.05. The standard InChI is InChI=1S/C17H21NO3/c1-3-8-13(12-18)11-15(16(19)4-2)17(20)21-14-9-6-5-7-10-14/h3,5-7,9-10,13,15,17,20H,1,4,8,11H2,2H3. The van der Waals surface area contributed by atoms with Gasteiger partial charge in [-0.1, -0.05) is 31.2 Å². The van der Waals surface area contributed by atoms with Crippen molar-refractivity contribution in [1.82, 2.24) is 0 Å². The van der Waals surface area contributed by atoms with E-state index >= 15 is 0 Å². The molecule has 1 aromatic carbocycles. The van der Waals surface area contributed by atoms with Crippen molar-refractivity contribution in [2.75, 3.05) is 0 Å². The lowest BCUT2D eigenvalue weighted by Crippen LogP contribution is -2.34. The minimum atomic E-state index is -1.25. The first-order valence-electron chi connectivity index (χ1n) is 7.05. The highest BCUT2D eigenvalue weighted by molar-refractivity contribution is 5.81. The lowest BCUT2D eigenvalue weighted by Gasteiger charge is -2.23. The van der Waals surface area contributed by atoms with E-state index in [-0.39, 0.29) is 18.1 Å². The SMILES string of the molecule is C=CCC(C#N)CC(C(=O)CC)C(O)Oc1ccccc1. The maximum absolute atomic E-state index is 12.0. The van der Waals surface area contributed by atoms with Crippen LogP contribution in [-0.4, -0.2) is 17.2 Å². The minimum absolute atomic E-state index is 0.109. The molecule has 0 aliphatic carbocycles. The van der Waals surface area contributed by atoms with Gasteiger partial charge in [0.25, 0.3) is 0 Å². The predicted molar refractivity (Wildman–Crippen MR) is 80.4 cm³/mol. The van der Waals surface area contributed by atoms with E-state index in [4.69, 9.17) is 10.00 Å². The van der Waals surface area contributed by atoms with Gasteiger partial charge in [-0.25, -0.2) is 0 Å². The number of para-hydroxylation sites is 1. The highest BCUT2D eigenvalue weighted by Crippen LogP contribution is 2.23. The molecule has 0 fully saturated rings. The fourth-order valence-electron chi connectivity index (χ4n) is 2.10. The molecule has 0 aliphatic rings. The van der Waals surface area contributed by atoms with Crippen LogP contribution in [0.15, 0.2) is 43.0 Å². The summed E-state index contributed by atoms with van der Waals surface area (Å²) in [4.78, 5) is 12.0. The van der Waals surface area contributed by atoms with Gasteiger partial charge in [0.15, 0.2) is 0 Å². The van der Waals surface area contributed by atoms with Crippen LogP contribution >= 0.6 is 0 Å². The molecule has 0 amide bonds. The van der Waals surface area contributed by atoms with Crippen molar-refractivity contribution in [3.8, 4) is 11.8 Å². The number of rotatable bonds is 9. The van der Waals surface area contributed by atoms with Crippen LogP contribution in [0.5, 0.6) is 5.75 Å². The molecule has 21 heavy (non-hydrogen) atoms. The number of hydrogen-bond donors (Lipinski definition) is 1. The monoisotopic (exact) mass is 287 g/mol. The first-order chi connectivity index (χ1) is 10.1. The Kier molecular flexibility index (Phi) is 7.20. The molecule has 3 atom stereocenters. The van der Waals surface area contributed by atoms with E-state index in [1.807, 2.05) is 6.07 Å². The Morgan fingerprint density at radius 3 is 2.67 bits per heavy atom. The molecule has 0 bridgehead atoms. The van der Waals surface area contributed by atoms with Crippen LogP contribution in [0.1, 0.15) is 26.2 Å². The van der Waals surface area contributed by atoms with E-state index in [1.165, 1.54) is 0 Å². The second-order valence-electron chi connectivity index (χ2n) is 4.83. The quantitative estimate of drug-likeness (QED) is 0.559. The zero-order valence-corrected chi connectivity index (χ0v) is 12.2. The van der Waals surface area contributed by atoms with Crippen LogP contribution in [-0.2, 0) is 4.79 Å². The molecule has 0 aromatic heterocycles. The van der Waals surface area contributed by atoms with Crippen LogP contribution in [0.2, 0.25) is 0 Å². The number of carbonyl (C=O) groups is 1. The third kappa shape index (κ3) is 5.41. The summed E-state index contributed by atoms with van der Waals surface area (Å²) < 4.78 is 5.42. The summed E-state index contributed by atoms with van der Waals surface area (Å²) in [5.41, 5.74) is 0. The topological polar surface area (TPSA) is 70.3 Å². The second kappa shape index (κ2) is 8.93. The number of hydrogen-bond acceptors (Lipinski definition) is 4. The number of allylic oxidation sites excluding steroid dienone is 1. The zero-order chi connectivity index (χ0) is 15.7. The summed E-state index contributed by atoms with van der Waals surface area (Å²) in [5, 5.41) is 19.3. The van der Waals surface area contributed by atoms with Crippen LogP contribution in [0.25, 0.3) is 0 Å². The van der Waals surface area contributed by atoms with Crippen molar-refractivity contribution < 1.29 is 14.6 Å². The molecule has 0 radical (unpaired) electrons. The van der Waals surface area contributed by atoms with E-state index in [0.717, 1.165) is 0 Å². The fourth-order valence-corrected chi connectivity index (χ4v) is 2.10. The molecule has 0 heterocycles. The van der Waals surface area contributed by atoms with Crippen molar-refractivity contribution in [2.24, 2.45) is 11.8 Å². The summed E-state index contributed by atoms with van der Waals surface area (Å²) in [5.74, 6) is -0.671. The Morgan fingerprint density at radius 1 is 1.48 bits per heavy atom. The molecule has 0 spiro atoms. The number of Topliss-reactive ketones (excluding diaryl/α,β-unsaturated/α-hetero) is 1.